The Labute approximate surface area is 107 Å². The predicted octanol–water partition coefficient (Wildman–Crippen LogP) is 1.89. The summed E-state index contributed by atoms with van der Waals surface area (Å²) in [7, 11) is 0. The van der Waals surface area contributed by atoms with Crippen LogP contribution in [0, 0.1) is 17.8 Å². The van der Waals surface area contributed by atoms with Crippen molar-refractivity contribution >= 4 is 11.9 Å². The van der Waals surface area contributed by atoms with Gasteiger partial charge in [0.15, 0.2) is 0 Å². The van der Waals surface area contributed by atoms with Gasteiger partial charge in [0.25, 0.3) is 0 Å². The fourth-order valence-corrected chi connectivity index (χ4v) is 3.99. The minimum atomic E-state index is -0.876. The van der Waals surface area contributed by atoms with Crippen molar-refractivity contribution < 1.29 is 14.7 Å². The van der Waals surface area contributed by atoms with E-state index in [0.717, 1.165) is 31.6 Å². The molecule has 2 bridgehead atoms. The molecule has 0 aromatic heterocycles. The van der Waals surface area contributed by atoms with Gasteiger partial charge in [0, 0.05) is 12.0 Å². The maximum atomic E-state index is 12.6. The van der Waals surface area contributed by atoms with Crippen LogP contribution >= 0.6 is 0 Å². The molecule has 3 rings (SSSR count). The van der Waals surface area contributed by atoms with Crippen molar-refractivity contribution in [2.45, 2.75) is 51.0 Å². The van der Waals surface area contributed by atoms with Gasteiger partial charge in [-0.05, 0) is 50.4 Å². The fourth-order valence-electron chi connectivity index (χ4n) is 3.99. The Morgan fingerprint density at radius 2 is 1.89 bits per heavy atom. The highest BCUT2D eigenvalue weighted by atomic mass is 16.4. The summed E-state index contributed by atoms with van der Waals surface area (Å²) in [5, 5.41) is 8.98. The van der Waals surface area contributed by atoms with E-state index in [1.807, 2.05) is 0 Å². The lowest BCUT2D eigenvalue weighted by molar-refractivity contribution is -0.150. The molecule has 1 N–H and O–H groups in total. The van der Waals surface area contributed by atoms with Crippen molar-refractivity contribution in [1.29, 1.82) is 0 Å². The molecule has 0 spiro atoms. The van der Waals surface area contributed by atoms with Gasteiger partial charge >= 0.3 is 5.97 Å². The van der Waals surface area contributed by atoms with E-state index in [4.69, 9.17) is 5.11 Å². The first kappa shape index (κ1) is 12.0. The van der Waals surface area contributed by atoms with Crippen molar-refractivity contribution in [3.8, 4) is 0 Å². The molecule has 0 aliphatic heterocycles. The number of aliphatic carboxylic acids is 1. The molecule has 4 nitrogen and oxygen atoms in total. The van der Waals surface area contributed by atoms with Gasteiger partial charge in [0.05, 0.1) is 0 Å². The second-order valence-electron chi connectivity index (χ2n) is 6.23. The largest absolute Gasteiger partial charge is 0.480 e. The Hall–Kier alpha value is -1.06. The number of hydrogen-bond acceptors (Lipinski definition) is 2. The summed E-state index contributed by atoms with van der Waals surface area (Å²) >= 11 is 0. The summed E-state index contributed by atoms with van der Waals surface area (Å²) in [4.78, 5) is 25.2. The molecule has 3 saturated carbocycles. The molecule has 0 aromatic rings. The highest BCUT2D eigenvalue weighted by molar-refractivity contribution is 5.84. The Balaban J connectivity index is 1.69. The number of carbonyl (C=O) groups excluding carboxylic acids is 1. The molecule has 3 aliphatic rings. The van der Waals surface area contributed by atoms with Crippen LogP contribution in [0.4, 0.5) is 0 Å². The zero-order valence-corrected chi connectivity index (χ0v) is 10.7. The maximum absolute atomic E-state index is 12.6. The monoisotopic (exact) mass is 251 g/mol. The number of carboxylic acids is 1. The van der Waals surface area contributed by atoms with Crippen LogP contribution in [0.15, 0.2) is 0 Å². The van der Waals surface area contributed by atoms with E-state index in [1.165, 1.54) is 19.3 Å². The zero-order chi connectivity index (χ0) is 12.7. The van der Waals surface area contributed by atoms with E-state index in [1.54, 1.807) is 4.90 Å². The van der Waals surface area contributed by atoms with E-state index < -0.39 is 5.97 Å². The molecular weight excluding hydrogens is 230 g/mol. The molecule has 0 radical (unpaired) electrons. The third kappa shape index (κ3) is 2.02. The average molecular weight is 251 g/mol. The van der Waals surface area contributed by atoms with Crippen LogP contribution in [-0.4, -0.2) is 34.5 Å². The van der Waals surface area contributed by atoms with Crippen LogP contribution in [0.1, 0.15) is 44.9 Å². The highest BCUT2D eigenvalue weighted by Crippen LogP contribution is 2.49. The van der Waals surface area contributed by atoms with E-state index in [-0.39, 0.29) is 24.4 Å². The summed E-state index contributed by atoms with van der Waals surface area (Å²) in [5.74, 6) is 0.660. The fraction of sp³-hybridized carbons (Fsp3) is 0.857. The molecule has 0 saturated heterocycles. The van der Waals surface area contributed by atoms with Gasteiger partial charge in [-0.3, -0.25) is 9.59 Å². The minimum Gasteiger partial charge on any atom is -0.480 e. The Morgan fingerprint density at radius 3 is 2.33 bits per heavy atom. The van der Waals surface area contributed by atoms with Gasteiger partial charge in [-0.2, -0.15) is 0 Å². The molecule has 3 unspecified atom stereocenters. The second-order valence-corrected chi connectivity index (χ2v) is 6.23. The van der Waals surface area contributed by atoms with Crippen LogP contribution in [-0.2, 0) is 9.59 Å². The molecule has 4 heteroatoms. The number of amides is 1. The molecule has 0 aromatic carbocycles. The van der Waals surface area contributed by atoms with Gasteiger partial charge in [-0.1, -0.05) is 6.42 Å². The quantitative estimate of drug-likeness (QED) is 0.830. The lowest BCUT2D eigenvalue weighted by Crippen LogP contribution is -2.49. The van der Waals surface area contributed by atoms with E-state index in [2.05, 4.69) is 0 Å². The maximum Gasteiger partial charge on any atom is 0.323 e. The standard InChI is InChI=1S/C14H21NO3/c16-13(17)8-15(11-2-1-3-11)14(18)12-7-9-4-5-10(12)6-9/h9-12H,1-8H2,(H,16,17). The summed E-state index contributed by atoms with van der Waals surface area (Å²) in [6.45, 7) is -0.0998. The topological polar surface area (TPSA) is 57.6 Å². The molecular formula is C14H21NO3. The Morgan fingerprint density at radius 1 is 1.11 bits per heavy atom. The van der Waals surface area contributed by atoms with E-state index in [9.17, 15) is 9.59 Å². The summed E-state index contributed by atoms with van der Waals surface area (Å²) in [6.07, 6.45) is 7.75. The number of nitrogens with zero attached hydrogens (tertiary/aromatic N) is 1. The first-order valence-corrected chi connectivity index (χ1v) is 7.17. The number of carboxylic acid groups (broad SMARTS) is 1. The molecule has 1 amide bonds. The number of carbonyl (C=O) groups is 2. The summed E-state index contributed by atoms with van der Waals surface area (Å²) in [5.41, 5.74) is 0. The zero-order valence-electron chi connectivity index (χ0n) is 10.7. The van der Waals surface area contributed by atoms with E-state index >= 15 is 0 Å². The van der Waals surface area contributed by atoms with Gasteiger partial charge in [0.2, 0.25) is 5.91 Å². The van der Waals surface area contributed by atoms with Crippen LogP contribution in [0.25, 0.3) is 0 Å². The SMILES string of the molecule is O=C(O)CN(C(=O)C1CC2CCC1C2)C1CCC1. The van der Waals surface area contributed by atoms with Crippen LogP contribution in [0.5, 0.6) is 0 Å². The molecule has 3 atom stereocenters. The predicted molar refractivity (Wildman–Crippen MR) is 65.9 cm³/mol. The van der Waals surface area contributed by atoms with Gasteiger partial charge < -0.3 is 10.0 Å². The second kappa shape index (κ2) is 4.56. The van der Waals surface area contributed by atoms with Crippen molar-refractivity contribution in [3.63, 3.8) is 0 Å². The minimum absolute atomic E-state index is 0.0998. The summed E-state index contributed by atoms with van der Waals surface area (Å²) in [6, 6.07) is 0.202. The molecule has 3 fully saturated rings. The molecule has 0 heterocycles. The van der Waals surface area contributed by atoms with E-state index in [0.29, 0.717) is 5.92 Å². The first-order chi connectivity index (χ1) is 8.65. The first-order valence-electron chi connectivity index (χ1n) is 7.17. The number of rotatable bonds is 4. The average Bonchev–Trinajstić information content (AvgIpc) is 2.85. The smallest absolute Gasteiger partial charge is 0.323 e. The number of hydrogen-bond donors (Lipinski definition) is 1. The Kier molecular flexibility index (Phi) is 3.04. The van der Waals surface area contributed by atoms with Crippen molar-refractivity contribution in [3.05, 3.63) is 0 Å². The van der Waals surface area contributed by atoms with Crippen molar-refractivity contribution in [2.24, 2.45) is 17.8 Å². The van der Waals surface area contributed by atoms with Gasteiger partial charge in [0.1, 0.15) is 6.54 Å². The van der Waals surface area contributed by atoms with Crippen molar-refractivity contribution in [1.82, 2.24) is 4.90 Å². The summed E-state index contributed by atoms with van der Waals surface area (Å²) < 4.78 is 0. The third-order valence-electron chi connectivity index (χ3n) is 5.16. The lowest BCUT2D eigenvalue weighted by Gasteiger charge is -2.39. The van der Waals surface area contributed by atoms with Gasteiger partial charge in [-0.15, -0.1) is 0 Å². The normalized spacial score (nSPS) is 34.3. The number of fused-ring (bicyclic) bond motifs is 2. The molecule has 100 valence electrons. The van der Waals surface area contributed by atoms with Crippen molar-refractivity contribution in [2.75, 3.05) is 6.54 Å². The van der Waals surface area contributed by atoms with Gasteiger partial charge in [-0.25, -0.2) is 0 Å². The lowest BCUT2D eigenvalue weighted by atomic mass is 9.85. The third-order valence-corrected chi connectivity index (χ3v) is 5.16. The molecule has 18 heavy (non-hydrogen) atoms. The van der Waals surface area contributed by atoms with Crippen LogP contribution in [0.2, 0.25) is 0 Å². The molecule has 3 aliphatic carbocycles. The Bertz CT molecular complexity index is 364. The van der Waals surface area contributed by atoms with Crippen LogP contribution in [0.3, 0.4) is 0 Å². The highest BCUT2D eigenvalue weighted by Gasteiger charge is 2.46. The van der Waals surface area contributed by atoms with Crippen LogP contribution < -0.4 is 0 Å².